The van der Waals surface area contributed by atoms with E-state index in [4.69, 9.17) is 14.2 Å². The number of nitrogens with zero attached hydrogens (tertiary/aromatic N) is 1. The Bertz CT molecular complexity index is 699. The number of rotatable bonds is 6. The van der Waals surface area contributed by atoms with Crippen molar-refractivity contribution in [3.8, 4) is 11.5 Å². The molecule has 25 heavy (non-hydrogen) atoms. The molecular weight excluding hydrogens is 324 g/mol. The lowest BCUT2D eigenvalue weighted by atomic mass is 9.94. The third kappa shape index (κ3) is 3.70. The molecule has 7 nitrogen and oxygen atoms in total. The molecule has 0 saturated carbocycles. The summed E-state index contributed by atoms with van der Waals surface area (Å²) >= 11 is 0. The Hall–Kier alpha value is -2.70. The van der Waals surface area contributed by atoms with Crippen molar-refractivity contribution in [3.63, 3.8) is 0 Å². The fourth-order valence-electron chi connectivity index (χ4n) is 2.71. The molecule has 1 heterocycles. The van der Waals surface area contributed by atoms with Gasteiger partial charge >= 0.3 is 12.0 Å². The molecule has 1 aromatic carbocycles. The van der Waals surface area contributed by atoms with Crippen LogP contribution < -0.4 is 14.8 Å². The molecule has 0 radical (unpaired) electrons. The molecule has 1 aliphatic rings. The molecule has 1 unspecified atom stereocenters. The van der Waals surface area contributed by atoms with E-state index in [0.717, 1.165) is 0 Å². The lowest BCUT2D eigenvalue weighted by molar-refractivity contribution is -0.136. The van der Waals surface area contributed by atoms with Gasteiger partial charge in [-0.25, -0.2) is 9.59 Å². The monoisotopic (exact) mass is 348 g/mol. The second kappa shape index (κ2) is 7.92. The highest BCUT2D eigenvalue weighted by molar-refractivity contribution is 5.94. The Kier molecular flexibility index (Phi) is 5.90. The van der Waals surface area contributed by atoms with Crippen molar-refractivity contribution in [2.75, 3.05) is 27.4 Å². The molecule has 0 saturated heterocycles. The summed E-state index contributed by atoms with van der Waals surface area (Å²) < 4.78 is 16.1. The first-order valence-electron chi connectivity index (χ1n) is 8.17. The van der Waals surface area contributed by atoms with Crippen LogP contribution in [0.1, 0.15) is 32.4 Å². The van der Waals surface area contributed by atoms with Gasteiger partial charge in [-0.05, 0) is 38.5 Å². The van der Waals surface area contributed by atoms with E-state index in [-0.39, 0.29) is 6.03 Å². The number of nitrogens with one attached hydrogen (secondary N) is 1. The van der Waals surface area contributed by atoms with Gasteiger partial charge in [0.1, 0.15) is 0 Å². The molecular formula is C18H24N2O5. The number of methoxy groups -OCH3 is 1. The number of hydrogen-bond acceptors (Lipinski definition) is 5. The van der Waals surface area contributed by atoms with Gasteiger partial charge in [-0.2, -0.15) is 0 Å². The smallest absolute Gasteiger partial charge is 0.337 e. The number of hydrogen-bond donors (Lipinski definition) is 1. The highest BCUT2D eigenvalue weighted by Gasteiger charge is 2.35. The lowest BCUT2D eigenvalue weighted by Gasteiger charge is -2.33. The van der Waals surface area contributed by atoms with Crippen molar-refractivity contribution < 1.29 is 23.8 Å². The van der Waals surface area contributed by atoms with Gasteiger partial charge in [-0.1, -0.05) is 6.07 Å². The SMILES string of the molecule is CCOc1ccc(C2NC(=O)N(C)C(C)=C2C(=O)OC)cc1OCC. The molecule has 2 amide bonds. The predicted molar refractivity (Wildman–Crippen MR) is 92.5 cm³/mol. The van der Waals surface area contributed by atoms with Crippen molar-refractivity contribution in [1.82, 2.24) is 10.2 Å². The van der Waals surface area contributed by atoms with Crippen molar-refractivity contribution >= 4 is 12.0 Å². The Labute approximate surface area is 147 Å². The largest absolute Gasteiger partial charge is 0.490 e. The quantitative estimate of drug-likeness (QED) is 0.800. The van der Waals surface area contributed by atoms with Crippen molar-refractivity contribution in [2.24, 2.45) is 0 Å². The summed E-state index contributed by atoms with van der Waals surface area (Å²) in [6.45, 7) is 6.47. The van der Waals surface area contributed by atoms with Gasteiger partial charge in [-0.3, -0.25) is 0 Å². The number of benzene rings is 1. The molecule has 1 aliphatic heterocycles. The maximum Gasteiger partial charge on any atom is 0.337 e. The summed E-state index contributed by atoms with van der Waals surface area (Å²) in [5.41, 5.74) is 1.65. The van der Waals surface area contributed by atoms with Crippen LogP contribution in [0.25, 0.3) is 0 Å². The van der Waals surface area contributed by atoms with Crippen LogP contribution in [-0.4, -0.2) is 44.3 Å². The van der Waals surface area contributed by atoms with Crippen LogP contribution in [-0.2, 0) is 9.53 Å². The minimum absolute atomic E-state index is 0.290. The zero-order valence-corrected chi connectivity index (χ0v) is 15.2. The third-order valence-electron chi connectivity index (χ3n) is 4.06. The number of carbonyl (C=O) groups excluding carboxylic acids is 2. The van der Waals surface area contributed by atoms with Gasteiger partial charge in [0.05, 0.1) is 31.9 Å². The van der Waals surface area contributed by atoms with Crippen molar-refractivity contribution in [3.05, 3.63) is 35.0 Å². The molecule has 2 rings (SSSR count). The second-order valence-electron chi connectivity index (χ2n) is 5.50. The summed E-state index contributed by atoms with van der Waals surface area (Å²) in [6, 6.07) is 4.45. The number of urea groups is 1. The minimum atomic E-state index is -0.619. The molecule has 0 aliphatic carbocycles. The first-order valence-corrected chi connectivity index (χ1v) is 8.17. The van der Waals surface area contributed by atoms with Gasteiger partial charge in [0.25, 0.3) is 0 Å². The molecule has 7 heteroatoms. The zero-order chi connectivity index (χ0) is 18.6. The summed E-state index contributed by atoms with van der Waals surface area (Å²) in [4.78, 5) is 25.9. The highest BCUT2D eigenvalue weighted by atomic mass is 16.5. The average Bonchev–Trinajstić information content (AvgIpc) is 2.60. The number of carbonyl (C=O) groups is 2. The van der Waals surface area contributed by atoms with Crippen molar-refractivity contribution in [2.45, 2.75) is 26.8 Å². The third-order valence-corrected chi connectivity index (χ3v) is 4.06. The minimum Gasteiger partial charge on any atom is -0.490 e. The summed E-state index contributed by atoms with van der Waals surface area (Å²) in [5.74, 6) is 0.700. The molecule has 1 aromatic rings. The number of ether oxygens (including phenoxy) is 3. The number of amides is 2. The first kappa shape index (κ1) is 18.6. The van der Waals surface area contributed by atoms with E-state index in [1.54, 1.807) is 32.2 Å². The molecule has 0 aromatic heterocycles. The van der Waals surface area contributed by atoms with Gasteiger partial charge in [-0.15, -0.1) is 0 Å². The Morgan fingerprint density at radius 1 is 1.20 bits per heavy atom. The fraction of sp³-hybridized carbons (Fsp3) is 0.444. The Balaban J connectivity index is 2.52. The van der Waals surface area contributed by atoms with Gasteiger partial charge in [0.15, 0.2) is 11.5 Å². The van der Waals surface area contributed by atoms with E-state index in [1.807, 2.05) is 13.8 Å². The van der Waals surface area contributed by atoms with Gasteiger partial charge < -0.3 is 24.4 Å². The van der Waals surface area contributed by atoms with Crippen LogP contribution in [0.5, 0.6) is 11.5 Å². The van der Waals surface area contributed by atoms with E-state index in [2.05, 4.69) is 5.32 Å². The zero-order valence-electron chi connectivity index (χ0n) is 15.2. The second-order valence-corrected chi connectivity index (χ2v) is 5.50. The van der Waals surface area contributed by atoms with Crippen LogP contribution in [0.15, 0.2) is 29.5 Å². The normalized spacial score (nSPS) is 17.2. The van der Waals surface area contributed by atoms with Crippen LogP contribution in [0.3, 0.4) is 0 Å². The number of esters is 1. The van der Waals surface area contributed by atoms with E-state index in [1.165, 1.54) is 12.0 Å². The van der Waals surface area contributed by atoms with E-state index in [9.17, 15) is 9.59 Å². The van der Waals surface area contributed by atoms with Crippen LogP contribution >= 0.6 is 0 Å². The van der Waals surface area contributed by atoms with Crippen molar-refractivity contribution in [1.29, 1.82) is 0 Å². The van der Waals surface area contributed by atoms with Crippen LogP contribution in [0.4, 0.5) is 4.79 Å². The summed E-state index contributed by atoms with van der Waals surface area (Å²) in [5, 5.41) is 2.83. The van der Waals surface area contributed by atoms with E-state index >= 15 is 0 Å². The predicted octanol–water partition coefficient (Wildman–Crippen LogP) is 2.63. The van der Waals surface area contributed by atoms with Gasteiger partial charge in [0, 0.05) is 12.7 Å². The Morgan fingerprint density at radius 3 is 2.44 bits per heavy atom. The standard InChI is InChI=1S/C18H24N2O5/c1-6-24-13-9-8-12(10-14(13)25-7-2)16-15(17(21)23-5)11(3)20(4)18(22)19-16/h8-10,16H,6-7H2,1-5H3,(H,19,22). The molecule has 136 valence electrons. The van der Waals surface area contributed by atoms with E-state index < -0.39 is 12.0 Å². The maximum atomic E-state index is 12.3. The summed E-state index contributed by atoms with van der Waals surface area (Å²) in [7, 11) is 2.92. The van der Waals surface area contributed by atoms with Crippen LogP contribution in [0, 0.1) is 0 Å². The molecule has 0 spiro atoms. The maximum absolute atomic E-state index is 12.3. The first-order chi connectivity index (χ1) is 11.9. The lowest BCUT2D eigenvalue weighted by Crippen LogP contribution is -2.46. The molecule has 0 bridgehead atoms. The fourth-order valence-corrected chi connectivity index (χ4v) is 2.71. The van der Waals surface area contributed by atoms with Crippen LogP contribution in [0.2, 0.25) is 0 Å². The Morgan fingerprint density at radius 2 is 1.84 bits per heavy atom. The van der Waals surface area contributed by atoms with Gasteiger partial charge in [0.2, 0.25) is 0 Å². The molecule has 1 N–H and O–H groups in total. The topological polar surface area (TPSA) is 77.1 Å². The molecule has 0 fully saturated rings. The number of allylic oxidation sites excluding steroid dienone is 1. The summed E-state index contributed by atoms with van der Waals surface area (Å²) in [6.07, 6.45) is 0. The molecule has 1 atom stereocenters. The highest BCUT2D eigenvalue weighted by Crippen LogP contribution is 2.36. The average molecular weight is 348 g/mol. The van der Waals surface area contributed by atoms with E-state index in [0.29, 0.717) is 41.5 Å².